The van der Waals surface area contributed by atoms with E-state index in [1.54, 1.807) is 0 Å². The number of benzene rings is 3. The molecule has 0 amide bonds. The van der Waals surface area contributed by atoms with Crippen LogP contribution < -0.4 is 10.5 Å². The SMILES string of the molecule is Nc1c2c(c(Cl)c(Cl)c1[N+](=O)[O-])C1(OC2=O)c2ccc(O)cc2Oc2cc(O)ccc21. The minimum Gasteiger partial charge on any atom is -0.508 e. The van der Waals surface area contributed by atoms with E-state index in [2.05, 4.69) is 0 Å². The van der Waals surface area contributed by atoms with E-state index in [0.29, 0.717) is 0 Å². The van der Waals surface area contributed by atoms with Gasteiger partial charge in [-0.1, -0.05) is 23.2 Å². The van der Waals surface area contributed by atoms with Crippen LogP contribution in [0.1, 0.15) is 27.0 Å². The summed E-state index contributed by atoms with van der Waals surface area (Å²) >= 11 is 12.7. The number of nitrogen functional groups attached to an aromatic ring is 1. The highest BCUT2D eigenvalue weighted by molar-refractivity contribution is 6.45. The number of carbonyl (C=O) groups is 1. The molecular formula is C20H10Cl2N2O7. The molecule has 0 aliphatic carbocycles. The number of aromatic hydroxyl groups is 2. The molecule has 0 aromatic heterocycles. The average molecular weight is 461 g/mol. The second-order valence-electron chi connectivity index (χ2n) is 6.93. The van der Waals surface area contributed by atoms with Crippen LogP contribution in [0.2, 0.25) is 10.0 Å². The summed E-state index contributed by atoms with van der Waals surface area (Å²) in [6, 6.07) is 8.21. The van der Waals surface area contributed by atoms with Crippen molar-refractivity contribution in [3.63, 3.8) is 0 Å². The second kappa shape index (κ2) is 6.16. The monoisotopic (exact) mass is 460 g/mol. The Kier molecular flexibility index (Phi) is 3.83. The van der Waals surface area contributed by atoms with Crippen molar-refractivity contribution >= 4 is 40.5 Å². The molecule has 0 fully saturated rings. The number of phenols is 2. The van der Waals surface area contributed by atoms with Gasteiger partial charge in [-0.3, -0.25) is 10.1 Å². The second-order valence-corrected chi connectivity index (χ2v) is 7.69. The number of carbonyl (C=O) groups excluding carboxylic acids is 1. The summed E-state index contributed by atoms with van der Waals surface area (Å²) in [4.78, 5) is 23.7. The van der Waals surface area contributed by atoms with Crippen LogP contribution in [0.25, 0.3) is 0 Å². The third kappa shape index (κ3) is 2.35. The first-order chi connectivity index (χ1) is 14.7. The maximum absolute atomic E-state index is 13.0. The molecule has 4 N–H and O–H groups in total. The van der Waals surface area contributed by atoms with E-state index >= 15 is 0 Å². The maximum Gasteiger partial charge on any atom is 0.342 e. The average Bonchev–Trinajstić information content (AvgIpc) is 2.99. The molecule has 5 rings (SSSR count). The fourth-order valence-corrected chi connectivity index (χ4v) is 4.65. The highest BCUT2D eigenvalue weighted by Crippen LogP contribution is 2.61. The number of nitro groups is 1. The highest BCUT2D eigenvalue weighted by atomic mass is 35.5. The molecule has 31 heavy (non-hydrogen) atoms. The van der Waals surface area contributed by atoms with Crippen LogP contribution in [-0.4, -0.2) is 21.1 Å². The highest BCUT2D eigenvalue weighted by Gasteiger charge is 2.57. The van der Waals surface area contributed by atoms with Gasteiger partial charge in [-0.15, -0.1) is 0 Å². The van der Waals surface area contributed by atoms with Gasteiger partial charge in [-0.25, -0.2) is 4.79 Å². The van der Waals surface area contributed by atoms with Gasteiger partial charge in [0.05, 0.1) is 15.5 Å². The summed E-state index contributed by atoms with van der Waals surface area (Å²) in [5.74, 6) is -0.983. The lowest BCUT2D eigenvalue weighted by Gasteiger charge is -2.36. The molecule has 2 aliphatic rings. The Hall–Kier alpha value is -3.69. The number of anilines is 1. The molecular weight excluding hydrogens is 451 g/mol. The maximum atomic E-state index is 13.0. The molecule has 9 nitrogen and oxygen atoms in total. The Morgan fingerprint density at radius 1 is 1.00 bits per heavy atom. The number of rotatable bonds is 1. The van der Waals surface area contributed by atoms with Crippen LogP contribution in [0.5, 0.6) is 23.0 Å². The molecule has 156 valence electrons. The van der Waals surface area contributed by atoms with Gasteiger partial charge in [0.1, 0.15) is 33.7 Å². The number of phenolic OH excluding ortho intramolecular Hbond substituents is 2. The van der Waals surface area contributed by atoms with E-state index in [1.165, 1.54) is 36.4 Å². The molecule has 0 unspecified atom stereocenters. The summed E-state index contributed by atoms with van der Waals surface area (Å²) in [6.45, 7) is 0. The first-order valence-electron chi connectivity index (χ1n) is 8.70. The number of nitro benzene ring substituents is 1. The number of ether oxygens (including phenoxy) is 2. The van der Waals surface area contributed by atoms with Gasteiger partial charge in [-0.05, 0) is 24.3 Å². The van der Waals surface area contributed by atoms with E-state index in [1.807, 2.05) is 0 Å². The Morgan fingerprint density at radius 2 is 1.55 bits per heavy atom. The lowest BCUT2D eigenvalue weighted by Crippen LogP contribution is -2.33. The summed E-state index contributed by atoms with van der Waals surface area (Å²) < 4.78 is 11.6. The summed E-state index contributed by atoms with van der Waals surface area (Å²) in [5.41, 5.74) is 3.33. The predicted octanol–water partition coefficient (Wildman–Crippen LogP) is 4.46. The number of esters is 1. The van der Waals surface area contributed by atoms with Crippen LogP contribution in [0.15, 0.2) is 36.4 Å². The van der Waals surface area contributed by atoms with E-state index in [-0.39, 0.29) is 50.3 Å². The topological polar surface area (TPSA) is 145 Å². The summed E-state index contributed by atoms with van der Waals surface area (Å²) in [7, 11) is 0. The molecule has 3 aromatic rings. The minimum absolute atomic E-state index is 0.00875. The van der Waals surface area contributed by atoms with Crippen molar-refractivity contribution in [3.05, 3.63) is 78.8 Å². The molecule has 0 atom stereocenters. The first-order valence-corrected chi connectivity index (χ1v) is 9.46. The van der Waals surface area contributed by atoms with Crippen LogP contribution in [0, 0.1) is 10.1 Å². The number of nitrogens with two attached hydrogens (primary N) is 1. The number of nitrogens with zero attached hydrogens (tertiary/aromatic N) is 1. The first kappa shape index (κ1) is 19.3. The number of hydrogen-bond acceptors (Lipinski definition) is 8. The van der Waals surface area contributed by atoms with Crippen LogP contribution in [0.3, 0.4) is 0 Å². The number of hydrogen-bond donors (Lipinski definition) is 3. The van der Waals surface area contributed by atoms with E-state index in [0.717, 1.165) is 0 Å². The lowest BCUT2D eigenvalue weighted by molar-refractivity contribution is -0.383. The number of fused-ring (bicyclic) bond motifs is 6. The van der Waals surface area contributed by atoms with Gasteiger partial charge < -0.3 is 25.4 Å². The molecule has 2 aliphatic heterocycles. The van der Waals surface area contributed by atoms with Gasteiger partial charge in [0.15, 0.2) is 5.60 Å². The Morgan fingerprint density at radius 3 is 2.06 bits per heavy atom. The molecule has 0 bridgehead atoms. The van der Waals surface area contributed by atoms with Crippen molar-refractivity contribution in [2.75, 3.05) is 5.73 Å². The molecule has 3 aromatic carbocycles. The molecule has 0 radical (unpaired) electrons. The Bertz CT molecular complexity index is 1300. The van der Waals surface area contributed by atoms with E-state index in [9.17, 15) is 25.1 Å². The smallest absolute Gasteiger partial charge is 0.342 e. The van der Waals surface area contributed by atoms with Gasteiger partial charge in [-0.2, -0.15) is 0 Å². The zero-order chi connectivity index (χ0) is 22.2. The standard InChI is InChI=1S/C20H10Cl2N2O7/c21-15-14-13(17(23)18(16(15)22)24(28)29)19(27)31-20(14)9-3-1-7(25)5-11(9)30-12-6-8(26)2-4-10(12)20/h1-6,25-26H,23H2. The number of halogens is 2. The minimum atomic E-state index is -1.74. The van der Waals surface area contributed by atoms with Crippen molar-refractivity contribution in [2.45, 2.75) is 5.60 Å². The van der Waals surface area contributed by atoms with Crippen molar-refractivity contribution in [2.24, 2.45) is 0 Å². The molecule has 11 heteroatoms. The van der Waals surface area contributed by atoms with Crippen molar-refractivity contribution in [1.29, 1.82) is 0 Å². The van der Waals surface area contributed by atoms with Crippen molar-refractivity contribution < 1.29 is 29.4 Å². The third-order valence-electron chi connectivity index (χ3n) is 5.29. The van der Waals surface area contributed by atoms with Gasteiger partial charge in [0.25, 0.3) is 0 Å². The van der Waals surface area contributed by atoms with E-state index in [4.69, 9.17) is 38.4 Å². The Balaban J connectivity index is 1.97. The lowest BCUT2D eigenvalue weighted by atomic mass is 9.77. The van der Waals surface area contributed by atoms with Gasteiger partial charge in [0.2, 0.25) is 0 Å². The largest absolute Gasteiger partial charge is 0.508 e. The van der Waals surface area contributed by atoms with Crippen molar-refractivity contribution in [1.82, 2.24) is 0 Å². The van der Waals surface area contributed by atoms with Crippen LogP contribution >= 0.6 is 23.2 Å². The zero-order valence-electron chi connectivity index (χ0n) is 15.2. The van der Waals surface area contributed by atoms with Crippen LogP contribution in [0.4, 0.5) is 11.4 Å². The van der Waals surface area contributed by atoms with Crippen LogP contribution in [-0.2, 0) is 10.3 Å². The van der Waals surface area contributed by atoms with Crippen molar-refractivity contribution in [3.8, 4) is 23.0 Å². The summed E-state index contributed by atoms with van der Waals surface area (Å²) in [5, 5.41) is 30.6. The zero-order valence-corrected chi connectivity index (χ0v) is 16.7. The third-order valence-corrected chi connectivity index (χ3v) is 6.13. The molecule has 0 saturated heterocycles. The predicted molar refractivity (Wildman–Crippen MR) is 109 cm³/mol. The molecule has 2 heterocycles. The fourth-order valence-electron chi connectivity index (χ4n) is 4.07. The fraction of sp³-hybridized carbons (Fsp3) is 0.0500. The molecule has 1 spiro atoms. The normalized spacial score (nSPS) is 15.0. The van der Waals surface area contributed by atoms with Gasteiger partial charge in [0, 0.05) is 28.8 Å². The van der Waals surface area contributed by atoms with Gasteiger partial charge >= 0.3 is 11.7 Å². The summed E-state index contributed by atoms with van der Waals surface area (Å²) in [6.07, 6.45) is 0. The Labute approximate surface area is 183 Å². The van der Waals surface area contributed by atoms with E-state index < -0.39 is 32.9 Å². The quantitative estimate of drug-likeness (QED) is 0.208. The molecule has 0 saturated carbocycles.